The number of hydrogen-bond acceptors (Lipinski definition) is 1. The number of rotatable bonds is 1. The third-order valence-corrected chi connectivity index (χ3v) is 2.36. The number of carboxylic acid groups (broad SMARTS) is 1. The summed E-state index contributed by atoms with van der Waals surface area (Å²) in [6.45, 7) is 0. The van der Waals surface area contributed by atoms with Crippen LogP contribution in [0.4, 0.5) is 0 Å². The van der Waals surface area contributed by atoms with E-state index in [1.807, 2.05) is 0 Å². The van der Waals surface area contributed by atoms with E-state index in [0.717, 1.165) is 38.5 Å². The first kappa shape index (κ1) is 9.30. The lowest BCUT2D eigenvalue weighted by molar-refractivity contribution is -0.142. The standard InChI is InChI=1S/C10H16O2/c11-10(12)9-7-5-3-1-2-4-6-8-9/h1-2,9H,3-8H2,(H,11,12). The first-order chi connectivity index (χ1) is 5.80. The first-order valence-electron chi connectivity index (χ1n) is 4.68. The van der Waals surface area contributed by atoms with Crippen LogP contribution in [0.3, 0.4) is 0 Å². The summed E-state index contributed by atoms with van der Waals surface area (Å²) in [5, 5.41) is 8.83. The molecule has 2 heteroatoms. The molecule has 0 aromatic rings. The van der Waals surface area contributed by atoms with E-state index in [9.17, 15) is 4.79 Å². The van der Waals surface area contributed by atoms with Crippen molar-refractivity contribution in [3.05, 3.63) is 12.2 Å². The van der Waals surface area contributed by atoms with E-state index >= 15 is 0 Å². The minimum Gasteiger partial charge on any atom is -0.481 e. The topological polar surface area (TPSA) is 37.3 Å². The van der Waals surface area contributed by atoms with Gasteiger partial charge in [-0.25, -0.2) is 0 Å². The van der Waals surface area contributed by atoms with Gasteiger partial charge in [0.2, 0.25) is 0 Å². The van der Waals surface area contributed by atoms with Gasteiger partial charge in [-0.15, -0.1) is 0 Å². The highest BCUT2D eigenvalue weighted by atomic mass is 16.4. The minimum absolute atomic E-state index is 0.0927. The second-order valence-electron chi connectivity index (χ2n) is 3.37. The quantitative estimate of drug-likeness (QED) is 0.611. The zero-order valence-electron chi connectivity index (χ0n) is 7.33. The van der Waals surface area contributed by atoms with Gasteiger partial charge >= 0.3 is 5.97 Å². The molecule has 1 aliphatic rings. The van der Waals surface area contributed by atoms with Gasteiger partial charge in [0.05, 0.1) is 5.92 Å². The van der Waals surface area contributed by atoms with Crippen LogP contribution in [0, 0.1) is 5.92 Å². The molecule has 0 spiro atoms. The fourth-order valence-corrected chi connectivity index (χ4v) is 1.59. The molecule has 12 heavy (non-hydrogen) atoms. The Morgan fingerprint density at radius 3 is 2.08 bits per heavy atom. The second kappa shape index (κ2) is 4.96. The normalized spacial score (nSPS) is 21.0. The van der Waals surface area contributed by atoms with Gasteiger partial charge < -0.3 is 5.11 Å². The average Bonchev–Trinajstić information content (AvgIpc) is 2.15. The molecular formula is C10H16O2. The molecule has 0 fully saturated rings. The molecule has 0 heterocycles. The summed E-state index contributed by atoms with van der Waals surface area (Å²) in [4.78, 5) is 10.7. The molecule has 68 valence electrons. The maximum Gasteiger partial charge on any atom is 0.306 e. The summed E-state index contributed by atoms with van der Waals surface area (Å²) in [6.07, 6.45) is 10.2. The Bertz CT molecular complexity index is 161. The largest absolute Gasteiger partial charge is 0.481 e. The van der Waals surface area contributed by atoms with E-state index in [1.165, 1.54) is 0 Å². The van der Waals surface area contributed by atoms with Crippen molar-refractivity contribution in [2.45, 2.75) is 38.5 Å². The van der Waals surface area contributed by atoms with Gasteiger partial charge in [-0.2, -0.15) is 0 Å². The fourth-order valence-electron chi connectivity index (χ4n) is 1.59. The number of hydrogen-bond donors (Lipinski definition) is 1. The molecule has 0 aromatic heterocycles. The van der Waals surface area contributed by atoms with Gasteiger partial charge in [0.15, 0.2) is 0 Å². The van der Waals surface area contributed by atoms with Gasteiger partial charge in [-0.1, -0.05) is 12.2 Å². The summed E-state index contributed by atoms with van der Waals surface area (Å²) >= 11 is 0. The average molecular weight is 168 g/mol. The predicted molar refractivity (Wildman–Crippen MR) is 48.0 cm³/mol. The number of allylic oxidation sites excluding steroid dienone is 2. The highest BCUT2D eigenvalue weighted by molar-refractivity contribution is 5.69. The zero-order valence-corrected chi connectivity index (χ0v) is 7.33. The van der Waals surface area contributed by atoms with E-state index in [2.05, 4.69) is 12.2 Å². The van der Waals surface area contributed by atoms with Crippen molar-refractivity contribution < 1.29 is 9.90 Å². The van der Waals surface area contributed by atoms with Crippen LogP contribution in [0.5, 0.6) is 0 Å². The van der Waals surface area contributed by atoms with Crippen LogP contribution in [0.25, 0.3) is 0 Å². The molecule has 0 unspecified atom stereocenters. The summed E-state index contributed by atoms with van der Waals surface area (Å²) < 4.78 is 0. The molecule has 0 aliphatic heterocycles. The van der Waals surface area contributed by atoms with Gasteiger partial charge in [0.25, 0.3) is 0 Å². The third kappa shape index (κ3) is 3.07. The predicted octanol–water partition coefficient (Wildman–Crippen LogP) is 2.60. The van der Waals surface area contributed by atoms with Crippen molar-refractivity contribution in [1.82, 2.24) is 0 Å². The van der Waals surface area contributed by atoms with E-state index in [1.54, 1.807) is 0 Å². The molecule has 1 rings (SSSR count). The van der Waals surface area contributed by atoms with Crippen LogP contribution >= 0.6 is 0 Å². The Morgan fingerprint density at radius 1 is 1.17 bits per heavy atom. The monoisotopic (exact) mass is 168 g/mol. The maximum atomic E-state index is 10.7. The number of carboxylic acids is 1. The molecule has 0 radical (unpaired) electrons. The molecule has 0 atom stereocenters. The van der Waals surface area contributed by atoms with Gasteiger partial charge in [-0.3, -0.25) is 4.79 Å². The first-order valence-corrected chi connectivity index (χ1v) is 4.68. The van der Waals surface area contributed by atoms with E-state index < -0.39 is 5.97 Å². The second-order valence-corrected chi connectivity index (χ2v) is 3.37. The number of carbonyl (C=O) groups is 1. The minimum atomic E-state index is -0.614. The molecule has 2 nitrogen and oxygen atoms in total. The molecule has 0 saturated carbocycles. The van der Waals surface area contributed by atoms with Gasteiger partial charge in [-0.05, 0) is 38.5 Å². The highest BCUT2D eigenvalue weighted by Gasteiger charge is 2.16. The van der Waals surface area contributed by atoms with E-state index in [0.29, 0.717) is 0 Å². The smallest absolute Gasteiger partial charge is 0.306 e. The summed E-state index contributed by atoms with van der Waals surface area (Å²) in [6, 6.07) is 0. The molecule has 1 aliphatic carbocycles. The summed E-state index contributed by atoms with van der Waals surface area (Å²) in [5.74, 6) is -0.707. The van der Waals surface area contributed by atoms with Crippen LogP contribution in [0.2, 0.25) is 0 Å². The third-order valence-electron chi connectivity index (χ3n) is 2.36. The van der Waals surface area contributed by atoms with Crippen LogP contribution in [0.1, 0.15) is 38.5 Å². The van der Waals surface area contributed by atoms with Crippen molar-refractivity contribution in [3.63, 3.8) is 0 Å². The highest BCUT2D eigenvalue weighted by Crippen LogP contribution is 2.18. The van der Waals surface area contributed by atoms with Crippen LogP contribution in [-0.4, -0.2) is 11.1 Å². The van der Waals surface area contributed by atoms with Gasteiger partial charge in [0.1, 0.15) is 0 Å². The Kier molecular flexibility index (Phi) is 3.85. The summed E-state index contributed by atoms with van der Waals surface area (Å²) in [7, 11) is 0. The Hall–Kier alpha value is -0.790. The van der Waals surface area contributed by atoms with Crippen molar-refractivity contribution >= 4 is 5.97 Å². The molecule has 0 bridgehead atoms. The molecule has 0 amide bonds. The zero-order chi connectivity index (χ0) is 8.81. The van der Waals surface area contributed by atoms with Crippen LogP contribution in [0.15, 0.2) is 12.2 Å². The number of aliphatic carboxylic acids is 1. The Morgan fingerprint density at radius 2 is 1.67 bits per heavy atom. The van der Waals surface area contributed by atoms with Crippen molar-refractivity contribution in [1.29, 1.82) is 0 Å². The van der Waals surface area contributed by atoms with Gasteiger partial charge in [0, 0.05) is 0 Å². The molecule has 0 aromatic carbocycles. The fraction of sp³-hybridized carbons (Fsp3) is 0.700. The lowest BCUT2D eigenvalue weighted by Crippen LogP contribution is -2.13. The Labute approximate surface area is 73.3 Å². The van der Waals surface area contributed by atoms with Crippen LogP contribution in [-0.2, 0) is 4.79 Å². The summed E-state index contributed by atoms with van der Waals surface area (Å²) in [5.41, 5.74) is 0. The molecular weight excluding hydrogens is 152 g/mol. The lowest BCUT2D eigenvalue weighted by Gasteiger charge is -2.09. The lowest BCUT2D eigenvalue weighted by atomic mass is 9.97. The van der Waals surface area contributed by atoms with E-state index in [4.69, 9.17) is 5.11 Å². The molecule has 1 N–H and O–H groups in total. The van der Waals surface area contributed by atoms with Crippen molar-refractivity contribution in [2.75, 3.05) is 0 Å². The van der Waals surface area contributed by atoms with Crippen molar-refractivity contribution in [3.8, 4) is 0 Å². The van der Waals surface area contributed by atoms with Crippen molar-refractivity contribution in [2.24, 2.45) is 5.92 Å². The SMILES string of the molecule is O=C(O)C1CCCC=CCCC1. The van der Waals surface area contributed by atoms with Crippen LogP contribution < -0.4 is 0 Å². The molecule has 0 saturated heterocycles. The maximum absolute atomic E-state index is 10.7. The Balaban J connectivity index is 2.39. The van der Waals surface area contributed by atoms with E-state index in [-0.39, 0.29) is 5.92 Å².